The standard InChI is InChI=1S/C14H28N2.2ClH/c1-2-3-9-15-12-13-7-6-11-16-10-5-4-8-14(13)16;;/h13-15H,2-12H2,1H3;2*1H. The molecule has 0 aromatic rings. The first-order valence-electron chi connectivity index (χ1n) is 7.36. The highest BCUT2D eigenvalue weighted by atomic mass is 35.5. The smallest absolute Gasteiger partial charge is 0.0136 e. The zero-order chi connectivity index (χ0) is 11.2. The van der Waals surface area contributed by atoms with E-state index in [1.54, 1.807) is 0 Å². The van der Waals surface area contributed by atoms with E-state index in [-0.39, 0.29) is 24.8 Å². The molecule has 2 aliphatic heterocycles. The molecule has 2 rings (SSSR count). The van der Waals surface area contributed by atoms with Crippen LogP contribution in [0.4, 0.5) is 0 Å². The van der Waals surface area contributed by atoms with Crippen molar-refractivity contribution >= 4 is 24.8 Å². The minimum Gasteiger partial charge on any atom is -0.316 e. The third-order valence-corrected chi connectivity index (χ3v) is 4.34. The van der Waals surface area contributed by atoms with Gasteiger partial charge in [-0.15, -0.1) is 24.8 Å². The minimum absolute atomic E-state index is 0. The summed E-state index contributed by atoms with van der Waals surface area (Å²) in [5.41, 5.74) is 0. The van der Waals surface area contributed by atoms with Gasteiger partial charge in [-0.3, -0.25) is 0 Å². The van der Waals surface area contributed by atoms with Crippen LogP contribution < -0.4 is 5.32 Å². The average molecular weight is 297 g/mol. The van der Waals surface area contributed by atoms with Gasteiger partial charge >= 0.3 is 0 Å². The van der Waals surface area contributed by atoms with Crippen molar-refractivity contribution in [1.29, 1.82) is 0 Å². The van der Waals surface area contributed by atoms with Crippen molar-refractivity contribution in [2.75, 3.05) is 26.2 Å². The van der Waals surface area contributed by atoms with E-state index >= 15 is 0 Å². The Kier molecular flexibility index (Phi) is 10.6. The molecule has 0 aromatic heterocycles. The highest BCUT2D eigenvalue weighted by Gasteiger charge is 2.32. The van der Waals surface area contributed by atoms with E-state index in [9.17, 15) is 0 Å². The van der Waals surface area contributed by atoms with Crippen molar-refractivity contribution in [2.45, 2.75) is 57.9 Å². The van der Waals surface area contributed by atoms with E-state index in [4.69, 9.17) is 0 Å². The first kappa shape index (κ1) is 18.5. The summed E-state index contributed by atoms with van der Waals surface area (Å²) in [6, 6.07) is 0.914. The lowest BCUT2D eigenvalue weighted by Gasteiger charge is -2.44. The van der Waals surface area contributed by atoms with Crippen molar-refractivity contribution in [3.63, 3.8) is 0 Å². The number of unbranched alkanes of at least 4 members (excludes halogenated alkanes) is 1. The van der Waals surface area contributed by atoms with Crippen LogP contribution in [0.5, 0.6) is 0 Å². The van der Waals surface area contributed by atoms with E-state index in [0.29, 0.717) is 0 Å². The molecule has 0 saturated carbocycles. The molecule has 0 spiro atoms. The molecule has 0 radical (unpaired) electrons. The molecule has 2 nitrogen and oxygen atoms in total. The number of halogens is 2. The van der Waals surface area contributed by atoms with E-state index in [1.807, 2.05) is 0 Å². The summed E-state index contributed by atoms with van der Waals surface area (Å²) in [5.74, 6) is 0.936. The maximum Gasteiger partial charge on any atom is 0.0136 e. The largest absolute Gasteiger partial charge is 0.316 e. The first-order valence-corrected chi connectivity index (χ1v) is 7.36. The molecule has 0 bridgehead atoms. The van der Waals surface area contributed by atoms with Crippen molar-refractivity contribution in [1.82, 2.24) is 10.2 Å². The number of nitrogens with zero attached hydrogens (tertiary/aromatic N) is 1. The molecular weight excluding hydrogens is 267 g/mol. The lowest BCUT2D eigenvalue weighted by Crippen LogP contribution is -2.50. The monoisotopic (exact) mass is 296 g/mol. The number of hydrogen-bond acceptors (Lipinski definition) is 2. The Bertz CT molecular complexity index is 200. The Morgan fingerprint density at radius 1 is 1.06 bits per heavy atom. The van der Waals surface area contributed by atoms with Gasteiger partial charge < -0.3 is 10.2 Å². The maximum absolute atomic E-state index is 3.66. The summed E-state index contributed by atoms with van der Waals surface area (Å²) in [7, 11) is 0. The molecular formula is C14H30Cl2N2. The van der Waals surface area contributed by atoms with Gasteiger partial charge in [0.2, 0.25) is 0 Å². The van der Waals surface area contributed by atoms with Crippen LogP contribution in [0.1, 0.15) is 51.9 Å². The highest BCUT2D eigenvalue weighted by Crippen LogP contribution is 2.30. The summed E-state index contributed by atoms with van der Waals surface area (Å²) >= 11 is 0. The van der Waals surface area contributed by atoms with Crippen LogP contribution in [0.15, 0.2) is 0 Å². The number of piperidine rings is 2. The molecule has 110 valence electrons. The lowest BCUT2D eigenvalue weighted by atomic mass is 9.83. The predicted octanol–water partition coefficient (Wildman–Crippen LogP) is 3.48. The Hall–Kier alpha value is 0.500. The van der Waals surface area contributed by atoms with Gasteiger partial charge in [0.15, 0.2) is 0 Å². The van der Waals surface area contributed by atoms with E-state index < -0.39 is 0 Å². The maximum atomic E-state index is 3.66. The minimum atomic E-state index is 0. The second kappa shape index (κ2) is 10.3. The Morgan fingerprint density at radius 3 is 2.61 bits per heavy atom. The fourth-order valence-corrected chi connectivity index (χ4v) is 3.40. The van der Waals surface area contributed by atoms with Crippen molar-refractivity contribution < 1.29 is 0 Å². The van der Waals surface area contributed by atoms with Crippen LogP contribution in [-0.2, 0) is 0 Å². The lowest BCUT2D eigenvalue weighted by molar-refractivity contribution is 0.0595. The van der Waals surface area contributed by atoms with Gasteiger partial charge in [0.25, 0.3) is 0 Å². The molecule has 2 atom stereocenters. The summed E-state index contributed by atoms with van der Waals surface area (Å²) < 4.78 is 0. The van der Waals surface area contributed by atoms with Crippen molar-refractivity contribution in [2.24, 2.45) is 5.92 Å². The third-order valence-electron chi connectivity index (χ3n) is 4.34. The fraction of sp³-hybridized carbons (Fsp3) is 1.00. The highest BCUT2D eigenvalue weighted by molar-refractivity contribution is 5.85. The van der Waals surface area contributed by atoms with Crippen molar-refractivity contribution in [3.8, 4) is 0 Å². The molecule has 2 heterocycles. The molecule has 0 amide bonds. The fourth-order valence-electron chi connectivity index (χ4n) is 3.40. The summed E-state index contributed by atoms with van der Waals surface area (Å²) in [6.07, 6.45) is 9.89. The van der Waals surface area contributed by atoms with E-state index in [2.05, 4.69) is 17.1 Å². The molecule has 2 aliphatic rings. The third kappa shape index (κ3) is 5.24. The zero-order valence-corrected chi connectivity index (χ0v) is 13.3. The molecule has 2 unspecified atom stereocenters. The molecule has 4 heteroatoms. The van der Waals surface area contributed by atoms with Crippen LogP contribution in [0, 0.1) is 5.92 Å². The normalized spacial score (nSPS) is 27.8. The summed E-state index contributed by atoms with van der Waals surface area (Å²) in [4.78, 5) is 2.76. The van der Waals surface area contributed by atoms with Gasteiger partial charge in [0, 0.05) is 6.04 Å². The van der Waals surface area contributed by atoms with Crippen LogP contribution in [-0.4, -0.2) is 37.1 Å². The SMILES string of the molecule is CCCCNCC1CCCN2CCCCC12.Cl.Cl. The zero-order valence-electron chi connectivity index (χ0n) is 11.7. The van der Waals surface area contributed by atoms with Crippen LogP contribution in [0.3, 0.4) is 0 Å². The van der Waals surface area contributed by atoms with Gasteiger partial charge in [-0.2, -0.15) is 0 Å². The topological polar surface area (TPSA) is 15.3 Å². The van der Waals surface area contributed by atoms with Crippen LogP contribution in [0.25, 0.3) is 0 Å². The number of nitrogens with one attached hydrogen (secondary N) is 1. The molecule has 2 saturated heterocycles. The van der Waals surface area contributed by atoms with E-state index in [1.165, 1.54) is 71.1 Å². The molecule has 2 fully saturated rings. The van der Waals surface area contributed by atoms with Crippen molar-refractivity contribution in [3.05, 3.63) is 0 Å². The van der Waals surface area contributed by atoms with E-state index in [0.717, 1.165) is 12.0 Å². The number of fused-ring (bicyclic) bond motifs is 1. The Morgan fingerprint density at radius 2 is 1.83 bits per heavy atom. The second-order valence-corrected chi connectivity index (χ2v) is 5.56. The van der Waals surface area contributed by atoms with Gasteiger partial charge in [-0.05, 0) is 64.2 Å². The average Bonchev–Trinajstić information content (AvgIpc) is 2.35. The Balaban J connectivity index is 0.00000144. The van der Waals surface area contributed by atoms with Crippen LogP contribution in [0.2, 0.25) is 0 Å². The quantitative estimate of drug-likeness (QED) is 0.782. The first-order chi connectivity index (χ1) is 7.92. The molecule has 0 aromatic carbocycles. The number of rotatable bonds is 5. The molecule has 0 aliphatic carbocycles. The summed E-state index contributed by atoms with van der Waals surface area (Å²) in [6.45, 7) is 7.50. The second-order valence-electron chi connectivity index (χ2n) is 5.56. The molecule has 18 heavy (non-hydrogen) atoms. The number of hydrogen-bond donors (Lipinski definition) is 1. The predicted molar refractivity (Wildman–Crippen MR) is 84.2 cm³/mol. The van der Waals surface area contributed by atoms with Gasteiger partial charge in [-0.1, -0.05) is 19.8 Å². The van der Waals surface area contributed by atoms with Gasteiger partial charge in [-0.25, -0.2) is 0 Å². The van der Waals surface area contributed by atoms with Crippen LogP contribution >= 0.6 is 24.8 Å². The van der Waals surface area contributed by atoms with Gasteiger partial charge in [0.05, 0.1) is 0 Å². The Labute approximate surface area is 125 Å². The molecule has 1 N–H and O–H groups in total. The van der Waals surface area contributed by atoms with Gasteiger partial charge in [0.1, 0.15) is 0 Å². The summed E-state index contributed by atoms with van der Waals surface area (Å²) in [5, 5.41) is 3.66.